The van der Waals surface area contributed by atoms with Crippen molar-refractivity contribution in [3.63, 3.8) is 0 Å². The predicted octanol–water partition coefficient (Wildman–Crippen LogP) is 2.38. The summed E-state index contributed by atoms with van der Waals surface area (Å²) in [5.41, 5.74) is 5.78. The number of nitrogens with two attached hydrogens (primary N) is 1. The fraction of sp³-hybridized carbons (Fsp3) is 0.706. The molecular weight excluding hydrogens is 290 g/mol. The molecule has 1 aromatic rings. The van der Waals surface area contributed by atoms with Gasteiger partial charge >= 0.3 is 0 Å². The van der Waals surface area contributed by atoms with Crippen LogP contribution >= 0.6 is 0 Å². The number of hydrogen-bond acceptors (Lipinski definition) is 3. The molecule has 0 aromatic carbocycles. The van der Waals surface area contributed by atoms with Gasteiger partial charge in [0, 0.05) is 31.8 Å². The smallest absolute Gasteiger partial charge is 0.226 e. The summed E-state index contributed by atoms with van der Waals surface area (Å²) < 4.78 is 0. The van der Waals surface area contributed by atoms with Crippen LogP contribution in [0.1, 0.15) is 57.7 Å². The normalized spacial score (nSPS) is 17.9. The maximum Gasteiger partial charge on any atom is 0.226 e. The van der Waals surface area contributed by atoms with Crippen molar-refractivity contribution < 1.29 is 4.79 Å². The Kier molecular flexibility index (Phi) is 7.10. The van der Waals surface area contributed by atoms with Crippen molar-refractivity contribution in [2.75, 3.05) is 6.54 Å². The summed E-state index contributed by atoms with van der Waals surface area (Å²) in [4.78, 5) is 23.4. The lowest BCUT2D eigenvalue weighted by molar-refractivity contribution is -0.121. The Bertz CT molecular complexity index is 491. The van der Waals surface area contributed by atoms with Crippen LogP contribution in [0.3, 0.4) is 0 Å². The molecule has 128 valence electrons. The van der Waals surface area contributed by atoms with Crippen LogP contribution in [0.15, 0.2) is 17.4 Å². The summed E-state index contributed by atoms with van der Waals surface area (Å²) >= 11 is 0. The van der Waals surface area contributed by atoms with Gasteiger partial charge in [-0.3, -0.25) is 15.1 Å². The lowest BCUT2D eigenvalue weighted by Crippen LogP contribution is -2.38. The van der Waals surface area contributed by atoms with E-state index in [1.807, 2.05) is 0 Å². The number of carbonyl (C=O) groups excluding carboxylic acids is 1. The van der Waals surface area contributed by atoms with E-state index in [2.05, 4.69) is 27.2 Å². The molecule has 1 atom stereocenters. The minimum absolute atomic E-state index is 0.0182. The minimum Gasteiger partial charge on any atom is -0.370 e. The Labute approximate surface area is 138 Å². The number of rotatable bonds is 7. The van der Waals surface area contributed by atoms with Gasteiger partial charge in [-0.25, -0.2) is 4.98 Å². The first kappa shape index (κ1) is 17.5. The lowest BCUT2D eigenvalue weighted by Gasteiger charge is -2.27. The molecule has 6 nitrogen and oxygen atoms in total. The second-order valence-electron chi connectivity index (χ2n) is 6.53. The van der Waals surface area contributed by atoms with Crippen molar-refractivity contribution >= 4 is 11.9 Å². The van der Waals surface area contributed by atoms with Gasteiger partial charge in [0.25, 0.3) is 0 Å². The third-order valence-corrected chi connectivity index (χ3v) is 4.64. The van der Waals surface area contributed by atoms with E-state index in [0.717, 1.165) is 18.7 Å². The van der Waals surface area contributed by atoms with Crippen molar-refractivity contribution in [2.45, 2.75) is 58.3 Å². The van der Waals surface area contributed by atoms with Crippen LogP contribution in [0.2, 0.25) is 0 Å². The lowest BCUT2D eigenvalue weighted by atomic mass is 9.79. The van der Waals surface area contributed by atoms with Gasteiger partial charge < -0.3 is 10.7 Å². The number of H-pyrrole nitrogens is 1. The van der Waals surface area contributed by atoms with E-state index in [4.69, 9.17) is 5.73 Å². The van der Waals surface area contributed by atoms with Crippen molar-refractivity contribution in [1.29, 1.82) is 0 Å². The molecule has 1 saturated carbocycles. The molecule has 1 heterocycles. The summed E-state index contributed by atoms with van der Waals surface area (Å²) in [5.74, 6) is 2.26. The number of aliphatic imine (C=N–C) groups is 1. The number of carbonyl (C=O) groups is 1. The topological polar surface area (TPSA) is 96.2 Å². The third kappa shape index (κ3) is 6.42. The van der Waals surface area contributed by atoms with E-state index in [9.17, 15) is 4.79 Å². The standard InChI is InChI=1S/C17H29N5O/c1-13(14-6-3-2-4-7-14)12-16(23)22-17(18)21-9-5-8-15-19-10-11-20-15/h10-11,13-14H,2-9,12H2,1H3,(H,19,20)(H3,18,21,22,23)/t13-/m1/s1. The van der Waals surface area contributed by atoms with Gasteiger partial charge in [-0.15, -0.1) is 0 Å². The molecule has 0 unspecified atom stereocenters. The highest BCUT2D eigenvalue weighted by molar-refractivity contribution is 5.96. The number of aromatic amines is 1. The summed E-state index contributed by atoms with van der Waals surface area (Å²) in [6, 6.07) is 0. The average molecular weight is 319 g/mol. The maximum absolute atomic E-state index is 12.0. The number of nitrogens with zero attached hydrogens (tertiary/aromatic N) is 2. The molecular formula is C17H29N5O. The Morgan fingerprint density at radius 3 is 2.96 bits per heavy atom. The SMILES string of the molecule is C[C@H](CC(=O)NC(N)=NCCCc1ncc[nH]1)C1CCCCC1. The second-order valence-corrected chi connectivity index (χ2v) is 6.53. The molecule has 0 radical (unpaired) electrons. The van der Waals surface area contributed by atoms with Crippen LogP contribution < -0.4 is 11.1 Å². The van der Waals surface area contributed by atoms with Gasteiger partial charge in [-0.1, -0.05) is 39.0 Å². The monoisotopic (exact) mass is 319 g/mol. The van der Waals surface area contributed by atoms with Gasteiger partial charge in [0.05, 0.1) is 0 Å². The molecule has 0 saturated heterocycles. The molecule has 1 aromatic heterocycles. The molecule has 0 aliphatic heterocycles. The highest BCUT2D eigenvalue weighted by atomic mass is 16.1. The summed E-state index contributed by atoms with van der Waals surface area (Å²) in [6.07, 6.45) is 12.2. The van der Waals surface area contributed by atoms with E-state index < -0.39 is 0 Å². The van der Waals surface area contributed by atoms with Crippen molar-refractivity contribution in [1.82, 2.24) is 15.3 Å². The largest absolute Gasteiger partial charge is 0.370 e. The molecule has 2 rings (SSSR count). The van der Waals surface area contributed by atoms with Gasteiger partial charge in [0.15, 0.2) is 5.96 Å². The van der Waals surface area contributed by atoms with E-state index in [-0.39, 0.29) is 11.9 Å². The fourth-order valence-electron chi connectivity index (χ4n) is 3.28. The summed E-state index contributed by atoms with van der Waals surface area (Å²) in [7, 11) is 0. The zero-order valence-corrected chi connectivity index (χ0v) is 14.1. The third-order valence-electron chi connectivity index (χ3n) is 4.64. The molecule has 4 N–H and O–H groups in total. The van der Waals surface area contributed by atoms with Crippen LogP contribution in [0.25, 0.3) is 0 Å². The molecule has 0 bridgehead atoms. The number of guanidine groups is 1. The zero-order chi connectivity index (χ0) is 16.5. The van der Waals surface area contributed by atoms with E-state index in [0.29, 0.717) is 24.8 Å². The van der Waals surface area contributed by atoms with Gasteiger partial charge in [-0.2, -0.15) is 0 Å². The number of aromatic nitrogens is 2. The summed E-state index contributed by atoms with van der Waals surface area (Å²) in [6.45, 7) is 2.76. The number of amides is 1. The van der Waals surface area contributed by atoms with E-state index in [1.54, 1.807) is 12.4 Å². The van der Waals surface area contributed by atoms with Gasteiger partial charge in [0.2, 0.25) is 5.91 Å². The maximum atomic E-state index is 12.0. The van der Waals surface area contributed by atoms with Gasteiger partial charge in [-0.05, 0) is 18.3 Å². The zero-order valence-electron chi connectivity index (χ0n) is 14.1. The molecule has 0 spiro atoms. The minimum atomic E-state index is -0.0182. The van der Waals surface area contributed by atoms with Crippen LogP contribution in [0.5, 0.6) is 0 Å². The highest BCUT2D eigenvalue weighted by Gasteiger charge is 2.22. The van der Waals surface area contributed by atoms with Gasteiger partial charge in [0.1, 0.15) is 5.82 Å². The summed E-state index contributed by atoms with van der Waals surface area (Å²) in [5, 5.41) is 2.71. The van der Waals surface area contributed by atoms with Crippen molar-refractivity contribution in [3.05, 3.63) is 18.2 Å². The molecule has 6 heteroatoms. The molecule has 1 aliphatic rings. The van der Waals surface area contributed by atoms with Crippen molar-refractivity contribution in [2.24, 2.45) is 22.6 Å². The molecule has 1 aliphatic carbocycles. The molecule has 23 heavy (non-hydrogen) atoms. The second kappa shape index (κ2) is 9.33. The Balaban J connectivity index is 1.63. The van der Waals surface area contributed by atoms with E-state index in [1.165, 1.54) is 32.1 Å². The van der Waals surface area contributed by atoms with Crippen molar-refractivity contribution in [3.8, 4) is 0 Å². The Morgan fingerprint density at radius 1 is 1.48 bits per heavy atom. The number of imidazole rings is 1. The molecule has 1 fully saturated rings. The molecule has 1 amide bonds. The van der Waals surface area contributed by atoms with Crippen LogP contribution in [-0.4, -0.2) is 28.4 Å². The number of aryl methyl sites for hydroxylation is 1. The average Bonchev–Trinajstić information content (AvgIpc) is 3.05. The van der Waals surface area contributed by atoms with E-state index >= 15 is 0 Å². The first-order chi connectivity index (χ1) is 11.1. The first-order valence-electron chi connectivity index (χ1n) is 8.73. The quantitative estimate of drug-likeness (QED) is 0.409. The van der Waals surface area contributed by atoms with Crippen LogP contribution in [0, 0.1) is 11.8 Å². The Hall–Kier alpha value is -1.85. The highest BCUT2D eigenvalue weighted by Crippen LogP contribution is 2.31. The predicted molar refractivity (Wildman–Crippen MR) is 91.9 cm³/mol. The van der Waals surface area contributed by atoms with Crippen LogP contribution in [-0.2, 0) is 11.2 Å². The number of nitrogens with one attached hydrogen (secondary N) is 2. The van der Waals surface area contributed by atoms with Crippen LogP contribution in [0.4, 0.5) is 0 Å². The Morgan fingerprint density at radius 2 is 2.26 bits per heavy atom. The fourth-order valence-corrected chi connectivity index (χ4v) is 3.28. The number of hydrogen-bond donors (Lipinski definition) is 3. The first-order valence-corrected chi connectivity index (χ1v) is 8.73.